The van der Waals surface area contributed by atoms with E-state index in [-0.39, 0.29) is 5.97 Å². The van der Waals surface area contributed by atoms with Crippen molar-refractivity contribution in [3.05, 3.63) is 23.5 Å². The van der Waals surface area contributed by atoms with Gasteiger partial charge >= 0.3 is 5.97 Å². The van der Waals surface area contributed by atoms with E-state index in [0.29, 0.717) is 11.6 Å². The number of methoxy groups -OCH3 is 1. The molecule has 2 N–H and O–H groups in total. The van der Waals surface area contributed by atoms with E-state index in [2.05, 4.69) is 28.9 Å². The summed E-state index contributed by atoms with van der Waals surface area (Å²) in [5.41, 5.74) is 1.51. The minimum Gasteiger partial charge on any atom is -0.464 e. The molecule has 1 rings (SSSR count). The summed E-state index contributed by atoms with van der Waals surface area (Å²) < 4.78 is 4.62. The third kappa shape index (κ3) is 4.06. The second-order valence-corrected chi connectivity index (χ2v) is 4.25. The van der Waals surface area contributed by atoms with Crippen LogP contribution >= 0.6 is 0 Å². The number of esters is 1. The monoisotopic (exact) mass is 224 g/mol. The molecule has 0 aliphatic rings. The molecular formula is C12H20N2O2. The summed E-state index contributed by atoms with van der Waals surface area (Å²) in [4.78, 5) is 14.2. The fourth-order valence-electron chi connectivity index (χ4n) is 1.39. The van der Waals surface area contributed by atoms with E-state index in [1.165, 1.54) is 7.11 Å². The van der Waals surface area contributed by atoms with Crippen molar-refractivity contribution in [1.82, 2.24) is 10.3 Å². The van der Waals surface area contributed by atoms with Crippen molar-refractivity contribution >= 4 is 5.97 Å². The van der Waals surface area contributed by atoms with E-state index in [0.717, 1.165) is 25.2 Å². The van der Waals surface area contributed by atoms with Crippen molar-refractivity contribution in [3.8, 4) is 0 Å². The molecule has 0 unspecified atom stereocenters. The zero-order valence-corrected chi connectivity index (χ0v) is 10.2. The molecule has 1 aromatic heterocycles. The summed E-state index contributed by atoms with van der Waals surface area (Å²) in [7, 11) is 1.38. The molecule has 0 saturated heterocycles. The van der Waals surface area contributed by atoms with Crippen molar-refractivity contribution < 1.29 is 9.53 Å². The smallest absolute Gasteiger partial charge is 0.354 e. The van der Waals surface area contributed by atoms with Gasteiger partial charge in [-0.15, -0.1) is 0 Å². The summed E-state index contributed by atoms with van der Waals surface area (Å²) in [5.74, 6) is 0.384. The van der Waals surface area contributed by atoms with Crippen molar-refractivity contribution in [1.29, 1.82) is 0 Å². The van der Waals surface area contributed by atoms with Crippen molar-refractivity contribution in [2.75, 3.05) is 13.7 Å². The number of carbonyl (C=O) groups excluding carboxylic acids is 1. The van der Waals surface area contributed by atoms with Gasteiger partial charge < -0.3 is 15.0 Å². The fourth-order valence-corrected chi connectivity index (χ4v) is 1.39. The summed E-state index contributed by atoms with van der Waals surface area (Å²) in [6, 6.07) is 3.64. The molecule has 0 aliphatic heterocycles. The Bertz CT molecular complexity index is 332. The number of hydrogen-bond donors (Lipinski definition) is 2. The van der Waals surface area contributed by atoms with Crippen molar-refractivity contribution in [3.63, 3.8) is 0 Å². The Morgan fingerprint density at radius 3 is 2.88 bits per heavy atom. The lowest BCUT2D eigenvalue weighted by atomic mass is 10.1. The minimum absolute atomic E-state index is 0.326. The molecule has 0 atom stereocenters. The SMILES string of the molecule is COC(=O)c1ccc(CNCCC(C)C)[nH]1. The van der Waals surface area contributed by atoms with Gasteiger partial charge in [0.15, 0.2) is 0 Å². The Morgan fingerprint density at radius 1 is 1.50 bits per heavy atom. The lowest BCUT2D eigenvalue weighted by molar-refractivity contribution is 0.0594. The topological polar surface area (TPSA) is 54.1 Å². The van der Waals surface area contributed by atoms with Gasteiger partial charge in [-0.05, 0) is 31.0 Å². The Morgan fingerprint density at radius 2 is 2.25 bits per heavy atom. The maximum absolute atomic E-state index is 11.2. The van der Waals surface area contributed by atoms with Crippen LogP contribution in [0, 0.1) is 5.92 Å². The van der Waals surface area contributed by atoms with E-state index in [1.54, 1.807) is 6.07 Å². The highest BCUT2D eigenvalue weighted by atomic mass is 16.5. The summed E-state index contributed by atoms with van der Waals surface area (Å²) in [6.07, 6.45) is 1.16. The van der Waals surface area contributed by atoms with Crippen LogP contribution in [0.1, 0.15) is 36.5 Å². The number of ether oxygens (including phenoxy) is 1. The fraction of sp³-hybridized carbons (Fsp3) is 0.583. The Balaban J connectivity index is 2.32. The van der Waals surface area contributed by atoms with E-state index in [9.17, 15) is 4.79 Å². The average molecular weight is 224 g/mol. The molecule has 0 fully saturated rings. The van der Waals surface area contributed by atoms with Gasteiger partial charge in [-0.2, -0.15) is 0 Å². The molecular weight excluding hydrogens is 204 g/mol. The van der Waals surface area contributed by atoms with Gasteiger partial charge in [-0.1, -0.05) is 13.8 Å². The lowest BCUT2D eigenvalue weighted by Crippen LogP contribution is -2.16. The number of rotatable bonds is 6. The zero-order valence-electron chi connectivity index (χ0n) is 10.2. The first-order valence-corrected chi connectivity index (χ1v) is 5.60. The van der Waals surface area contributed by atoms with Gasteiger partial charge in [0.25, 0.3) is 0 Å². The highest BCUT2D eigenvalue weighted by Gasteiger charge is 2.07. The van der Waals surface area contributed by atoms with E-state index < -0.39 is 0 Å². The highest BCUT2D eigenvalue weighted by Crippen LogP contribution is 2.03. The molecule has 4 nitrogen and oxygen atoms in total. The number of carbonyl (C=O) groups is 1. The van der Waals surface area contributed by atoms with Crippen molar-refractivity contribution in [2.45, 2.75) is 26.8 Å². The second kappa shape index (κ2) is 6.33. The van der Waals surface area contributed by atoms with Crippen LogP contribution in [0.4, 0.5) is 0 Å². The van der Waals surface area contributed by atoms with Gasteiger partial charge in [0.1, 0.15) is 5.69 Å². The van der Waals surface area contributed by atoms with Crippen LogP contribution in [0.25, 0.3) is 0 Å². The molecule has 0 radical (unpaired) electrons. The molecule has 90 valence electrons. The quantitative estimate of drug-likeness (QED) is 0.573. The summed E-state index contributed by atoms with van der Waals surface area (Å²) >= 11 is 0. The molecule has 0 spiro atoms. The minimum atomic E-state index is -0.326. The van der Waals surface area contributed by atoms with Gasteiger partial charge in [0.05, 0.1) is 7.11 Å². The van der Waals surface area contributed by atoms with Crippen molar-refractivity contribution in [2.24, 2.45) is 5.92 Å². The number of hydrogen-bond acceptors (Lipinski definition) is 3. The first kappa shape index (κ1) is 12.8. The predicted molar refractivity (Wildman–Crippen MR) is 63.3 cm³/mol. The largest absolute Gasteiger partial charge is 0.464 e. The van der Waals surface area contributed by atoms with Crippen LogP contribution < -0.4 is 5.32 Å². The lowest BCUT2D eigenvalue weighted by Gasteiger charge is -2.05. The number of aromatic nitrogens is 1. The molecule has 0 aromatic carbocycles. The maximum atomic E-state index is 11.2. The Kier molecular flexibility index (Phi) is 5.05. The molecule has 0 saturated carbocycles. The van der Waals surface area contributed by atoms with Gasteiger partial charge in [-0.3, -0.25) is 0 Å². The van der Waals surface area contributed by atoms with Gasteiger partial charge in [0.2, 0.25) is 0 Å². The first-order valence-electron chi connectivity index (χ1n) is 5.60. The van der Waals surface area contributed by atoms with Gasteiger partial charge in [0, 0.05) is 12.2 Å². The van der Waals surface area contributed by atoms with E-state index in [1.807, 2.05) is 6.07 Å². The number of H-pyrrole nitrogens is 1. The zero-order chi connectivity index (χ0) is 12.0. The molecule has 1 aromatic rings. The third-order valence-corrected chi connectivity index (χ3v) is 2.37. The normalized spacial score (nSPS) is 10.8. The maximum Gasteiger partial charge on any atom is 0.354 e. The number of aromatic amines is 1. The number of nitrogens with one attached hydrogen (secondary N) is 2. The van der Waals surface area contributed by atoms with E-state index in [4.69, 9.17) is 0 Å². The van der Waals surface area contributed by atoms with Crippen LogP contribution in [0.3, 0.4) is 0 Å². The molecule has 1 heterocycles. The van der Waals surface area contributed by atoms with Gasteiger partial charge in [-0.25, -0.2) is 4.79 Å². The van der Waals surface area contributed by atoms with Crippen LogP contribution in [0.5, 0.6) is 0 Å². The molecule has 0 bridgehead atoms. The Labute approximate surface area is 96.4 Å². The Hall–Kier alpha value is -1.29. The van der Waals surface area contributed by atoms with Crippen LogP contribution in [-0.4, -0.2) is 24.6 Å². The highest BCUT2D eigenvalue weighted by molar-refractivity contribution is 5.87. The average Bonchev–Trinajstić information content (AvgIpc) is 2.71. The summed E-state index contributed by atoms with van der Waals surface area (Å²) in [5, 5.41) is 3.32. The third-order valence-electron chi connectivity index (χ3n) is 2.37. The van der Waals surface area contributed by atoms with E-state index >= 15 is 0 Å². The second-order valence-electron chi connectivity index (χ2n) is 4.25. The molecule has 16 heavy (non-hydrogen) atoms. The molecule has 0 amide bonds. The predicted octanol–water partition coefficient (Wildman–Crippen LogP) is 1.94. The van der Waals surface area contributed by atoms with Crippen LogP contribution in [-0.2, 0) is 11.3 Å². The summed E-state index contributed by atoms with van der Waals surface area (Å²) in [6.45, 7) is 6.14. The first-order chi connectivity index (χ1) is 7.63. The molecule has 0 aliphatic carbocycles. The van der Waals surface area contributed by atoms with Crippen LogP contribution in [0.2, 0.25) is 0 Å². The molecule has 4 heteroatoms. The van der Waals surface area contributed by atoms with Crippen LogP contribution in [0.15, 0.2) is 12.1 Å². The standard InChI is InChI=1S/C12H20N2O2/c1-9(2)6-7-13-8-10-4-5-11(14-10)12(15)16-3/h4-5,9,13-14H,6-8H2,1-3H3.